The summed E-state index contributed by atoms with van der Waals surface area (Å²) in [6.07, 6.45) is -3.02. The first-order chi connectivity index (χ1) is 6.80. The number of hydrogen-bond donors (Lipinski definition) is 0. The van der Waals surface area contributed by atoms with Crippen LogP contribution >= 0.6 is 0 Å². The van der Waals surface area contributed by atoms with Crippen LogP contribution in [-0.4, -0.2) is 4.57 Å². The first-order valence-electron chi connectivity index (χ1n) is 4.25. The monoisotopic (exact) mass is 216 g/mol. The van der Waals surface area contributed by atoms with Gasteiger partial charge in [0.05, 0.1) is 5.56 Å². The third-order valence-electron chi connectivity index (χ3n) is 1.76. The van der Waals surface area contributed by atoms with E-state index in [1.54, 1.807) is 14.0 Å². The summed E-state index contributed by atoms with van der Waals surface area (Å²) in [5.41, 5.74) is -0.0113. The lowest BCUT2D eigenvalue weighted by Crippen LogP contribution is -2.20. The minimum atomic E-state index is -4.34. The largest absolute Gasteiger partial charge is 0.416 e. The summed E-state index contributed by atoms with van der Waals surface area (Å²) in [4.78, 5) is 3.90. The fourth-order valence-electron chi connectivity index (χ4n) is 1.04. The molecule has 0 fully saturated rings. The van der Waals surface area contributed by atoms with Gasteiger partial charge in [-0.15, -0.1) is 0 Å². The number of nitrogens with zero attached hydrogens (tertiary/aromatic N) is 2. The van der Waals surface area contributed by atoms with Crippen molar-refractivity contribution in [3.63, 3.8) is 0 Å². The molecule has 0 radical (unpaired) electrons. The van der Waals surface area contributed by atoms with E-state index < -0.39 is 11.7 Å². The third kappa shape index (κ3) is 2.97. The fourth-order valence-corrected chi connectivity index (χ4v) is 1.04. The SMILES string of the molecule is C=C(C)N=c1cc(C(F)(F)F)ccn1C. The van der Waals surface area contributed by atoms with Crippen LogP contribution in [0.2, 0.25) is 0 Å². The predicted molar refractivity (Wildman–Crippen MR) is 50.8 cm³/mol. The van der Waals surface area contributed by atoms with E-state index in [2.05, 4.69) is 11.6 Å². The topological polar surface area (TPSA) is 17.3 Å². The van der Waals surface area contributed by atoms with E-state index in [1.165, 1.54) is 10.8 Å². The lowest BCUT2D eigenvalue weighted by atomic mass is 10.2. The Morgan fingerprint density at radius 3 is 2.53 bits per heavy atom. The molecule has 1 rings (SSSR count). The van der Waals surface area contributed by atoms with Crippen molar-refractivity contribution in [2.75, 3.05) is 0 Å². The second-order valence-electron chi connectivity index (χ2n) is 3.23. The van der Waals surface area contributed by atoms with Gasteiger partial charge in [0.15, 0.2) is 0 Å². The van der Waals surface area contributed by atoms with Crippen molar-refractivity contribution in [1.82, 2.24) is 4.57 Å². The molecule has 0 bridgehead atoms. The van der Waals surface area contributed by atoms with E-state index in [1.807, 2.05) is 0 Å². The first kappa shape index (κ1) is 11.6. The van der Waals surface area contributed by atoms with Crippen molar-refractivity contribution in [3.05, 3.63) is 41.7 Å². The van der Waals surface area contributed by atoms with Gasteiger partial charge in [0.2, 0.25) is 0 Å². The number of pyridine rings is 1. The molecule has 0 saturated heterocycles. The number of halogens is 3. The molecule has 0 aliphatic rings. The maximum atomic E-state index is 12.4. The molecule has 1 aromatic heterocycles. The van der Waals surface area contributed by atoms with Crippen molar-refractivity contribution < 1.29 is 13.2 Å². The highest BCUT2D eigenvalue weighted by Gasteiger charge is 2.30. The molecule has 0 saturated carbocycles. The van der Waals surface area contributed by atoms with Crippen LogP contribution in [0.5, 0.6) is 0 Å². The summed E-state index contributed by atoms with van der Waals surface area (Å²) in [7, 11) is 1.63. The summed E-state index contributed by atoms with van der Waals surface area (Å²) in [6.45, 7) is 5.15. The van der Waals surface area contributed by atoms with Crippen molar-refractivity contribution in [3.8, 4) is 0 Å². The summed E-state index contributed by atoms with van der Waals surface area (Å²) in [6, 6.07) is 2.01. The van der Waals surface area contributed by atoms with Crippen molar-refractivity contribution in [2.24, 2.45) is 12.0 Å². The van der Waals surface area contributed by atoms with Gasteiger partial charge in [-0.25, -0.2) is 4.99 Å². The standard InChI is InChI=1S/C10H11F3N2/c1-7(2)14-9-6-8(10(11,12)13)4-5-15(9)3/h4-6H,1H2,2-3H3. The predicted octanol–water partition coefficient (Wildman–Crippen LogP) is 2.48. The van der Waals surface area contributed by atoms with Crippen LogP contribution < -0.4 is 5.49 Å². The fraction of sp³-hybridized carbons (Fsp3) is 0.300. The van der Waals surface area contributed by atoms with E-state index in [4.69, 9.17) is 0 Å². The second kappa shape index (κ2) is 3.92. The number of aromatic nitrogens is 1. The molecule has 1 aromatic rings. The Morgan fingerprint density at radius 1 is 1.47 bits per heavy atom. The highest BCUT2D eigenvalue weighted by Crippen LogP contribution is 2.27. The van der Waals surface area contributed by atoms with Crippen LogP contribution in [0.1, 0.15) is 12.5 Å². The van der Waals surface area contributed by atoms with Crippen molar-refractivity contribution >= 4 is 0 Å². The number of aryl methyl sites for hydroxylation is 1. The van der Waals surface area contributed by atoms with Crippen LogP contribution in [0.25, 0.3) is 0 Å². The Bertz CT molecular complexity index is 441. The molecular formula is C10H11F3N2. The molecular weight excluding hydrogens is 205 g/mol. The number of allylic oxidation sites excluding steroid dienone is 1. The van der Waals surface area contributed by atoms with E-state index in [9.17, 15) is 13.2 Å². The normalized spacial score (nSPS) is 13.0. The van der Waals surface area contributed by atoms with Gasteiger partial charge in [0.25, 0.3) is 0 Å². The van der Waals surface area contributed by atoms with Crippen molar-refractivity contribution in [1.29, 1.82) is 0 Å². The molecule has 0 amide bonds. The number of rotatable bonds is 1. The van der Waals surface area contributed by atoms with Crippen LogP contribution in [0.3, 0.4) is 0 Å². The second-order valence-corrected chi connectivity index (χ2v) is 3.23. The van der Waals surface area contributed by atoms with Gasteiger partial charge in [-0.05, 0) is 19.1 Å². The molecule has 2 nitrogen and oxygen atoms in total. The maximum absolute atomic E-state index is 12.4. The zero-order chi connectivity index (χ0) is 11.6. The van der Waals surface area contributed by atoms with E-state index in [-0.39, 0.29) is 5.49 Å². The lowest BCUT2D eigenvalue weighted by Gasteiger charge is -2.07. The Hall–Kier alpha value is -1.52. The average Bonchev–Trinajstić information content (AvgIpc) is 2.06. The third-order valence-corrected chi connectivity index (χ3v) is 1.76. The van der Waals surface area contributed by atoms with Gasteiger partial charge in [-0.1, -0.05) is 6.58 Å². The molecule has 82 valence electrons. The number of hydrogen-bond acceptors (Lipinski definition) is 1. The summed E-state index contributed by atoms with van der Waals surface area (Å²) in [5.74, 6) is 0. The van der Waals surface area contributed by atoms with E-state index in [0.717, 1.165) is 12.1 Å². The van der Waals surface area contributed by atoms with Gasteiger partial charge in [0, 0.05) is 18.9 Å². The smallest absolute Gasteiger partial charge is 0.336 e. The van der Waals surface area contributed by atoms with E-state index >= 15 is 0 Å². The quantitative estimate of drug-likeness (QED) is 0.686. The van der Waals surface area contributed by atoms with Crippen LogP contribution in [0.15, 0.2) is 35.6 Å². The molecule has 0 aromatic carbocycles. The van der Waals surface area contributed by atoms with Crippen LogP contribution in [-0.2, 0) is 13.2 Å². The highest BCUT2D eigenvalue weighted by atomic mass is 19.4. The first-order valence-corrected chi connectivity index (χ1v) is 4.25. The van der Waals surface area contributed by atoms with Gasteiger partial charge >= 0.3 is 6.18 Å². The molecule has 0 aliphatic carbocycles. The minimum Gasteiger partial charge on any atom is -0.336 e. The molecule has 0 N–H and O–H groups in total. The Balaban J connectivity index is 3.36. The Morgan fingerprint density at radius 2 is 2.07 bits per heavy atom. The number of alkyl halides is 3. The van der Waals surface area contributed by atoms with Gasteiger partial charge in [-0.2, -0.15) is 13.2 Å². The molecule has 5 heteroatoms. The van der Waals surface area contributed by atoms with Crippen LogP contribution in [0.4, 0.5) is 13.2 Å². The Kier molecular flexibility index (Phi) is 3.02. The van der Waals surface area contributed by atoms with Gasteiger partial charge in [-0.3, -0.25) is 0 Å². The zero-order valence-electron chi connectivity index (χ0n) is 8.47. The Labute approximate surface area is 85.4 Å². The van der Waals surface area contributed by atoms with Crippen molar-refractivity contribution in [2.45, 2.75) is 13.1 Å². The minimum absolute atomic E-state index is 0.234. The lowest BCUT2D eigenvalue weighted by molar-refractivity contribution is -0.137. The summed E-state index contributed by atoms with van der Waals surface area (Å²) < 4.78 is 38.6. The zero-order valence-corrected chi connectivity index (χ0v) is 8.47. The maximum Gasteiger partial charge on any atom is 0.416 e. The van der Waals surface area contributed by atoms with Gasteiger partial charge < -0.3 is 4.57 Å². The van der Waals surface area contributed by atoms with E-state index in [0.29, 0.717) is 5.70 Å². The molecule has 0 spiro atoms. The molecule has 15 heavy (non-hydrogen) atoms. The summed E-state index contributed by atoms with van der Waals surface area (Å²) in [5, 5.41) is 0. The molecule has 0 atom stereocenters. The average molecular weight is 216 g/mol. The van der Waals surface area contributed by atoms with Gasteiger partial charge in [0.1, 0.15) is 5.49 Å². The molecule has 0 aliphatic heterocycles. The van der Waals surface area contributed by atoms with Crippen LogP contribution in [0, 0.1) is 0 Å². The molecule has 0 unspecified atom stereocenters. The summed E-state index contributed by atoms with van der Waals surface area (Å²) >= 11 is 0. The highest BCUT2D eigenvalue weighted by molar-refractivity contribution is 5.14. The molecule has 1 heterocycles.